The van der Waals surface area contributed by atoms with E-state index in [1.807, 2.05) is 40.8 Å². The van der Waals surface area contributed by atoms with Gasteiger partial charge in [0.05, 0.1) is 12.7 Å². The number of esters is 1. The predicted molar refractivity (Wildman–Crippen MR) is 94.3 cm³/mol. The number of benzene rings is 1. The smallest absolute Gasteiger partial charge is 0.339 e. The van der Waals surface area contributed by atoms with Crippen molar-refractivity contribution in [2.75, 3.05) is 7.11 Å². The second-order valence-corrected chi connectivity index (χ2v) is 9.74. The summed E-state index contributed by atoms with van der Waals surface area (Å²) in [7, 11) is 0.103. The molecule has 0 saturated heterocycles. The van der Waals surface area contributed by atoms with Crippen LogP contribution in [0.1, 0.15) is 59.5 Å². The van der Waals surface area contributed by atoms with Gasteiger partial charge in [0, 0.05) is 11.1 Å². The highest BCUT2D eigenvalue weighted by Gasteiger charge is 2.38. The lowest BCUT2D eigenvalue weighted by Gasteiger charge is -2.30. The second kappa shape index (κ2) is 6.68. The summed E-state index contributed by atoms with van der Waals surface area (Å²) in [4.78, 5) is 24.2. The maximum atomic E-state index is 12.4. The minimum atomic E-state index is -1.48. The third-order valence-corrected chi connectivity index (χ3v) is 5.03. The SMILES string of the molecule is COc1c(C)c2c(c(C(C)(C)C)c1C(C=O)O[SiH](C)C)C(=O)OC2. The Morgan fingerprint density at radius 1 is 1.29 bits per heavy atom. The van der Waals surface area contributed by atoms with Crippen molar-refractivity contribution in [1.82, 2.24) is 0 Å². The Balaban J connectivity index is 2.90. The van der Waals surface area contributed by atoms with E-state index in [-0.39, 0.29) is 18.0 Å². The maximum Gasteiger partial charge on any atom is 0.339 e. The molecule has 1 aromatic carbocycles. The first-order chi connectivity index (χ1) is 11.1. The lowest BCUT2D eigenvalue weighted by molar-refractivity contribution is -0.114. The number of hydrogen-bond donors (Lipinski definition) is 0. The van der Waals surface area contributed by atoms with Gasteiger partial charge in [0.2, 0.25) is 0 Å². The van der Waals surface area contributed by atoms with Gasteiger partial charge in [-0.05, 0) is 36.6 Å². The van der Waals surface area contributed by atoms with Crippen molar-refractivity contribution >= 4 is 21.3 Å². The van der Waals surface area contributed by atoms with Gasteiger partial charge in [-0.25, -0.2) is 4.79 Å². The molecule has 132 valence electrons. The summed E-state index contributed by atoms with van der Waals surface area (Å²) >= 11 is 0. The molecule has 0 amide bonds. The summed E-state index contributed by atoms with van der Waals surface area (Å²) in [6, 6.07) is 0. The molecule has 1 aliphatic heterocycles. The topological polar surface area (TPSA) is 61.8 Å². The van der Waals surface area contributed by atoms with Gasteiger partial charge in [0.1, 0.15) is 18.5 Å². The van der Waals surface area contributed by atoms with E-state index in [0.29, 0.717) is 16.9 Å². The molecule has 0 N–H and O–H groups in total. The summed E-state index contributed by atoms with van der Waals surface area (Å²) in [6.07, 6.45) is 0.0601. The van der Waals surface area contributed by atoms with Gasteiger partial charge in [-0.3, -0.25) is 0 Å². The predicted octanol–water partition coefficient (Wildman–Crippen LogP) is 3.21. The van der Waals surface area contributed by atoms with Gasteiger partial charge in [-0.2, -0.15) is 0 Å². The van der Waals surface area contributed by atoms with Gasteiger partial charge < -0.3 is 18.7 Å². The van der Waals surface area contributed by atoms with Crippen LogP contribution in [-0.2, 0) is 26.0 Å². The monoisotopic (exact) mass is 350 g/mol. The van der Waals surface area contributed by atoms with Gasteiger partial charge in [-0.15, -0.1) is 0 Å². The molecule has 1 aromatic rings. The molecule has 1 aliphatic rings. The molecule has 0 aromatic heterocycles. The third kappa shape index (κ3) is 3.12. The minimum Gasteiger partial charge on any atom is -0.496 e. The van der Waals surface area contributed by atoms with Crippen LogP contribution in [0.4, 0.5) is 0 Å². The fraction of sp³-hybridized carbons (Fsp3) is 0.556. The molecule has 5 nitrogen and oxygen atoms in total. The summed E-state index contributed by atoms with van der Waals surface area (Å²) in [5.74, 6) is 0.275. The highest BCUT2D eigenvalue weighted by Crippen LogP contribution is 2.45. The Labute approximate surface area is 145 Å². The fourth-order valence-corrected chi connectivity index (χ4v) is 4.10. The molecule has 0 saturated carbocycles. The molecular formula is C18H26O5Si. The van der Waals surface area contributed by atoms with Crippen molar-refractivity contribution < 1.29 is 23.5 Å². The number of fused-ring (bicyclic) bond motifs is 1. The number of rotatable bonds is 5. The van der Waals surface area contributed by atoms with Crippen LogP contribution in [0, 0.1) is 6.92 Å². The standard InChI is InChI=1S/C18H26O5Si/c1-10-11-9-22-17(20)13(11)15(18(2,3)4)14(16(10)21-5)12(8-19)23-24(6)7/h8,12,24H,9H2,1-7H3. The molecule has 6 heteroatoms. The van der Waals surface area contributed by atoms with E-state index in [1.54, 1.807) is 7.11 Å². The number of cyclic esters (lactones) is 1. The second-order valence-electron chi connectivity index (χ2n) is 7.37. The first-order valence-electron chi connectivity index (χ1n) is 8.15. The molecule has 0 spiro atoms. The molecule has 1 atom stereocenters. The normalized spacial score (nSPS) is 15.2. The zero-order valence-electron chi connectivity index (χ0n) is 15.5. The Morgan fingerprint density at radius 3 is 2.38 bits per heavy atom. The van der Waals surface area contributed by atoms with Gasteiger partial charge in [0.25, 0.3) is 0 Å². The molecule has 0 fully saturated rings. The molecule has 1 unspecified atom stereocenters. The Hall–Kier alpha value is -1.66. The fourth-order valence-electron chi connectivity index (χ4n) is 3.32. The van der Waals surface area contributed by atoms with E-state index in [9.17, 15) is 9.59 Å². The van der Waals surface area contributed by atoms with Crippen LogP contribution in [0.5, 0.6) is 5.75 Å². The number of methoxy groups -OCH3 is 1. The summed E-state index contributed by atoms with van der Waals surface area (Å²) in [5.41, 5.74) is 3.33. The summed E-state index contributed by atoms with van der Waals surface area (Å²) in [6.45, 7) is 12.2. The number of carbonyl (C=O) groups is 2. The Morgan fingerprint density at radius 2 is 1.92 bits per heavy atom. The molecular weight excluding hydrogens is 324 g/mol. The Bertz CT molecular complexity index is 673. The first kappa shape index (κ1) is 18.7. The third-order valence-electron chi connectivity index (χ3n) is 4.19. The van der Waals surface area contributed by atoms with Crippen LogP contribution in [0.25, 0.3) is 0 Å². The van der Waals surface area contributed by atoms with Crippen molar-refractivity contribution in [3.63, 3.8) is 0 Å². The van der Waals surface area contributed by atoms with E-state index < -0.39 is 15.1 Å². The summed E-state index contributed by atoms with van der Waals surface area (Å²) in [5, 5.41) is 0. The van der Waals surface area contributed by atoms with E-state index in [1.165, 1.54) is 0 Å². The van der Waals surface area contributed by atoms with Gasteiger partial charge in [0.15, 0.2) is 15.3 Å². The van der Waals surface area contributed by atoms with E-state index in [4.69, 9.17) is 13.9 Å². The van der Waals surface area contributed by atoms with E-state index >= 15 is 0 Å². The minimum absolute atomic E-state index is 0.241. The average molecular weight is 350 g/mol. The number of ether oxygens (including phenoxy) is 2. The lowest BCUT2D eigenvalue weighted by atomic mass is 9.76. The number of aldehydes is 1. The molecule has 1 heterocycles. The average Bonchev–Trinajstić information content (AvgIpc) is 2.85. The first-order valence-corrected chi connectivity index (χ1v) is 10.9. The van der Waals surface area contributed by atoms with E-state index in [0.717, 1.165) is 23.0 Å². The zero-order valence-corrected chi connectivity index (χ0v) is 16.6. The van der Waals surface area contributed by atoms with Crippen LogP contribution < -0.4 is 4.74 Å². The van der Waals surface area contributed by atoms with Crippen molar-refractivity contribution in [2.45, 2.75) is 58.9 Å². The van der Waals surface area contributed by atoms with Crippen LogP contribution in [0.3, 0.4) is 0 Å². The van der Waals surface area contributed by atoms with Crippen LogP contribution in [0.15, 0.2) is 0 Å². The van der Waals surface area contributed by atoms with Crippen LogP contribution >= 0.6 is 0 Å². The lowest BCUT2D eigenvalue weighted by Crippen LogP contribution is -2.25. The van der Waals surface area contributed by atoms with E-state index in [2.05, 4.69) is 0 Å². The molecule has 2 rings (SSSR count). The summed E-state index contributed by atoms with van der Waals surface area (Å²) < 4.78 is 16.9. The van der Waals surface area contributed by atoms with Crippen molar-refractivity contribution in [3.8, 4) is 5.75 Å². The van der Waals surface area contributed by atoms with Gasteiger partial charge >= 0.3 is 5.97 Å². The highest BCUT2D eigenvalue weighted by molar-refractivity contribution is 6.48. The Kier molecular flexibility index (Phi) is 5.20. The van der Waals surface area contributed by atoms with Crippen molar-refractivity contribution in [3.05, 3.63) is 27.8 Å². The number of carbonyl (C=O) groups excluding carboxylic acids is 2. The zero-order chi connectivity index (χ0) is 18.2. The largest absolute Gasteiger partial charge is 0.496 e. The van der Waals surface area contributed by atoms with Crippen molar-refractivity contribution in [1.29, 1.82) is 0 Å². The molecule has 0 aliphatic carbocycles. The highest BCUT2D eigenvalue weighted by atomic mass is 28.3. The molecule has 24 heavy (non-hydrogen) atoms. The van der Waals surface area contributed by atoms with Gasteiger partial charge in [-0.1, -0.05) is 20.8 Å². The van der Waals surface area contributed by atoms with Crippen molar-refractivity contribution in [2.24, 2.45) is 0 Å². The quantitative estimate of drug-likeness (QED) is 0.463. The maximum absolute atomic E-state index is 12.4. The molecule has 0 bridgehead atoms. The van der Waals surface area contributed by atoms with Crippen LogP contribution in [-0.4, -0.2) is 28.4 Å². The molecule has 0 radical (unpaired) electrons. The van der Waals surface area contributed by atoms with Crippen LogP contribution in [0.2, 0.25) is 13.1 Å². The number of hydrogen-bond acceptors (Lipinski definition) is 5.